The summed E-state index contributed by atoms with van der Waals surface area (Å²) in [5.41, 5.74) is 1.05. The van der Waals surface area contributed by atoms with Crippen LogP contribution >= 0.6 is 15.9 Å². The predicted molar refractivity (Wildman–Crippen MR) is 45.0 cm³/mol. The van der Waals surface area contributed by atoms with E-state index in [0.29, 0.717) is 6.61 Å². The summed E-state index contributed by atoms with van der Waals surface area (Å²) in [6, 6.07) is 5.71. The molecule has 0 aliphatic carbocycles. The Bertz CT molecular complexity index is 324. The SMILES string of the molecule is O=[Se]1OCc2cc(Br)ccc21. The van der Waals surface area contributed by atoms with Crippen molar-refractivity contribution in [1.82, 2.24) is 0 Å². The fourth-order valence-corrected chi connectivity index (χ4v) is 3.24. The summed E-state index contributed by atoms with van der Waals surface area (Å²) in [6.45, 7) is 0.503. The van der Waals surface area contributed by atoms with Gasteiger partial charge in [-0.2, -0.15) is 0 Å². The molecule has 1 unspecified atom stereocenters. The van der Waals surface area contributed by atoms with Gasteiger partial charge in [0.2, 0.25) is 0 Å². The molecule has 0 bridgehead atoms. The van der Waals surface area contributed by atoms with Gasteiger partial charge in [-0.3, -0.25) is 0 Å². The van der Waals surface area contributed by atoms with E-state index < -0.39 is 14.2 Å². The normalized spacial score (nSPS) is 21.7. The number of fused-ring (bicyclic) bond motifs is 1. The Kier molecular flexibility index (Phi) is 1.93. The molecular weight excluding hydrogens is 275 g/mol. The monoisotopic (exact) mass is 280 g/mol. The van der Waals surface area contributed by atoms with Crippen molar-refractivity contribution in [2.45, 2.75) is 6.61 Å². The molecule has 11 heavy (non-hydrogen) atoms. The molecule has 2 nitrogen and oxygen atoms in total. The van der Waals surface area contributed by atoms with Crippen LogP contribution in [0.2, 0.25) is 0 Å². The van der Waals surface area contributed by atoms with E-state index in [0.717, 1.165) is 14.5 Å². The Balaban J connectivity index is 2.59. The molecule has 0 spiro atoms. The van der Waals surface area contributed by atoms with Crippen LogP contribution in [0.5, 0.6) is 0 Å². The molecule has 58 valence electrons. The standard InChI is InChI=1S/C7H5BrO2Se/c8-6-1-2-7-5(3-6)4-10-11(7)9/h1-3H,4H2. The molecule has 0 radical (unpaired) electrons. The summed E-state index contributed by atoms with van der Waals surface area (Å²) in [4.78, 5) is 0. The van der Waals surface area contributed by atoms with E-state index in [1.807, 2.05) is 18.2 Å². The van der Waals surface area contributed by atoms with Crippen molar-refractivity contribution in [3.05, 3.63) is 28.2 Å². The van der Waals surface area contributed by atoms with Crippen LogP contribution in [0.3, 0.4) is 0 Å². The van der Waals surface area contributed by atoms with E-state index in [-0.39, 0.29) is 0 Å². The zero-order valence-corrected chi connectivity index (χ0v) is 8.84. The topological polar surface area (TPSA) is 26.3 Å². The van der Waals surface area contributed by atoms with Crippen molar-refractivity contribution in [1.29, 1.82) is 0 Å². The van der Waals surface area contributed by atoms with Crippen LogP contribution in [0.15, 0.2) is 22.7 Å². The second kappa shape index (κ2) is 2.79. The third-order valence-corrected chi connectivity index (χ3v) is 4.30. The van der Waals surface area contributed by atoms with Gasteiger partial charge < -0.3 is 0 Å². The first-order valence-electron chi connectivity index (χ1n) is 3.11. The first-order valence-corrected chi connectivity index (χ1v) is 6.15. The van der Waals surface area contributed by atoms with Crippen LogP contribution in [-0.4, -0.2) is 14.2 Å². The second-order valence-corrected chi connectivity index (χ2v) is 5.57. The first kappa shape index (κ1) is 7.62. The van der Waals surface area contributed by atoms with E-state index in [1.54, 1.807) is 0 Å². The van der Waals surface area contributed by atoms with Crippen LogP contribution in [0.1, 0.15) is 5.56 Å². The molecule has 1 aliphatic heterocycles. The van der Waals surface area contributed by atoms with E-state index in [1.165, 1.54) is 0 Å². The Morgan fingerprint density at radius 2 is 2.36 bits per heavy atom. The van der Waals surface area contributed by atoms with E-state index in [9.17, 15) is 3.83 Å². The number of rotatable bonds is 0. The third kappa shape index (κ3) is 1.32. The van der Waals surface area contributed by atoms with Crippen molar-refractivity contribution in [3.63, 3.8) is 0 Å². The molecular formula is C7H5BrO2Se. The molecule has 1 atom stereocenters. The second-order valence-electron chi connectivity index (χ2n) is 2.25. The van der Waals surface area contributed by atoms with Gasteiger partial charge in [0.05, 0.1) is 0 Å². The van der Waals surface area contributed by atoms with Gasteiger partial charge in [0.1, 0.15) is 0 Å². The predicted octanol–water partition coefficient (Wildman–Crippen LogP) is 1.10. The molecule has 1 heterocycles. The van der Waals surface area contributed by atoms with Gasteiger partial charge in [0, 0.05) is 0 Å². The molecule has 1 aromatic carbocycles. The van der Waals surface area contributed by atoms with Gasteiger partial charge in [-0.25, -0.2) is 0 Å². The zero-order chi connectivity index (χ0) is 7.84. The van der Waals surface area contributed by atoms with Gasteiger partial charge in [0.25, 0.3) is 0 Å². The molecule has 0 amide bonds. The van der Waals surface area contributed by atoms with Crippen LogP contribution < -0.4 is 4.46 Å². The molecule has 2 rings (SSSR count). The van der Waals surface area contributed by atoms with Crippen molar-refractivity contribution in [2.75, 3.05) is 0 Å². The Labute approximate surface area is 77.1 Å². The summed E-state index contributed by atoms with van der Waals surface area (Å²) in [6.07, 6.45) is 0. The number of halogens is 1. The molecule has 4 heteroatoms. The van der Waals surface area contributed by atoms with Gasteiger partial charge in [0.15, 0.2) is 0 Å². The molecule has 0 saturated heterocycles. The van der Waals surface area contributed by atoms with Crippen LogP contribution in [0.4, 0.5) is 0 Å². The van der Waals surface area contributed by atoms with Gasteiger partial charge >= 0.3 is 77.1 Å². The van der Waals surface area contributed by atoms with Crippen molar-refractivity contribution < 1.29 is 7.65 Å². The minimum atomic E-state index is -2.11. The van der Waals surface area contributed by atoms with Crippen LogP contribution in [0.25, 0.3) is 0 Å². The first-order chi connectivity index (χ1) is 5.27. The number of hydrogen-bond donors (Lipinski definition) is 0. The van der Waals surface area contributed by atoms with Crippen molar-refractivity contribution in [3.8, 4) is 0 Å². The molecule has 0 aromatic heterocycles. The van der Waals surface area contributed by atoms with Crippen molar-refractivity contribution >= 4 is 34.6 Å². The Morgan fingerprint density at radius 1 is 1.55 bits per heavy atom. The molecule has 0 fully saturated rings. The minimum absolute atomic E-state index is 0.503. The average molecular weight is 280 g/mol. The summed E-state index contributed by atoms with van der Waals surface area (Å²) in [7, 11) is 0. The average Bonchev–Trinajstić information content (AvgIpc) is 2.32. The fourth-order valence-electron chi connectivity index (χ4n) is 1.00. The summed E-state index contributed by atoms with van der Waals surface area (Å²) in [5, 5.41) is 0. The maximum atomic E-state index is 11.1. The molecule has 1 aliphatic rings. The maximum absolute atomic E-state index is 11.1. The van der Waals surface area contributed by atoms with Crippen molar-refractivity contribution in [2.24, 2.45) is 0 Å². The number of benzene rings is 1. The Morgan fingerprint density at radius 3 is 3.18 bits per heavy atom. The summed E-state index contributed by atoms with van der Waals surface area (Å²) >= 11 is 1.23. The molecule has 0 N–H and O–H groups in total. The van der Waals surface area contributed by atoms with E-state index in [4.69, 9.17) is 3.82 Å². The Hall–Kier alpha value is -0.0205. The summed E-state index contributed by atoms with van der Waals surface area (Å²) in [5.74, 6) is 0. The van der Waals surface area contributed by atoms with Gasteiger partial charge in [-0.15, -0.1) is 0 Å². The third-order valence-electron chi connectivity index (χ3n) is 1.52. The van der Waals surface area contributed by atoms with E-state index >= 15 is 0 Å². The van der Waals surface area contributed by atoms with Crippen LogP contribution in [0, 0.1) is 0 Å². The van der Waals surface area contributed by atoms with Gasteiger partial charge in [-0.1, -0.05) is 0 Å². The van der Waals surface area contributed by atoms with Crippen LogP contribution in [-0.2, 0) is 14.3 Å². The van der Waals surface area contributed by atoms with Gasteiger partial charge in [-0.05, 0) is 0 Å². The molecule has 0 saturated carbocycles. The summed E-state index contributed by atoms with van der Waals surface area (Å²) < 4.78 is 18.1. The fraction of sp³-hybridized carbons (Fsp3) is 0.143. The quantitative estimate of drug-likeness (QED) is 0.665. The van der Waals surface area contributed by atoms with E-state index in [2.05, 4.69) is 15.9 Å². The number of hydrogen-bond acceptors (Lipinski definition) is 2. The molecule has 1 aromatic rings. The zero-order valence-electron chi connectivity index (χ0n) is 5.54.